The van der Waals surface area contributed by atoms with E-state index >= 15 is 0 Å². The van der Waals surface area contributed by atoms with Crippen LogP contribution in [-0.2, 0) is 0 Å². The number of hydrogen-bond acceptors (Lipinski definition) is 4. The van der Waals surface area contributed by atoms with Crippen LogP contribution in [0.3, 0.4) is 0 Å². The first-order valence-electron chi connectivity index (χ1n) is 21.0. The highest BCUT2D eigenvalue weighted by Gasteiger charge is 2.16. The quantitative estimate of drug-likeness (QED) is 0.179. The van der Waals surface area contributed by atoms with Crippen LogP contribution in [0.2, 0.25) is 0 Å². The number of thiophene rings is 1. The molecule has 2 aromatic heterocycles. The van der Waals surface area contributed by atoms with Crippen LogP contribution in [-0.4, -0.2) is 15.0 Å². The number of rotatable bonds is 6. The summed E-state index contributed by atoms with van der Waals surface area (Å²) < 4.78 is 97.1. The lowest BCUT2D eigenvalue weighted by Gasteiger charge is -2.10. The Morgan fingerprint density at radius 1 is 0.408 bits per heavy atom. The van der Waals surface area contributed by atoms with Crippen LogP contribution in [0.1, 0.15) is 15.1 Å². The second kappa shape index (κ2) is 12.4. The zero-order chi connectivity index (χ0) is 42.1. The molecule has 0 saturated carbocycles. The van der Waals surface area contributed by atoms with Crippen molar-refractivity contribution in [3.05, 3.63) is 176 Å². The van der Waals surface area contributed by atoms with Crippen molar-refractivity contribution in [1.82, 2.24) is 15.0 Å². The summed E-state index contributed by atoms with van der Waals surface area (Å²) in [6.45, 7) is 0. The van der Waals surface area contributed by atoms with Gasteiger partial charge < -0.3 is 0 Å². The van der Waals surface area contributed by atoms with E-state index in [1.807, 2.05) is 109 Å². The predicted molar refractivity (Wildman–Crippen MR) is 205 cm³/mol. The Bertz CT molecular complexity index is 3180. The third kappa shape index (κ3) is 5.58. The largest absolute Gasteiger partial charge is 0.208 e. The molecule has 0 spiro atoms. The minimum absolute atomic E-state index is 0.00225. The fraction of sp³-hybridized carbons (Fsp3) is 0. The minimum atomic E-state index is -0.635. The van der Waals surface area contributed by atoms with Crippen LogP contribution >= 0.6 is 11.3 Å². The molecule has 0 saturated heterocycles. The van der Waals surface area contributed by atoms with Gasteiger partial charge in [0, 0.05) is 36.9 Å². The topological polar surface area (TPSA) is 38.7 Å². The van der Waals surface area contributed by atoms with Crippen LogP contribution in [0.25, 0.3) is 87.7 Å². The maximum Gasteiger partial charge on any atom is 0.164 e. The van der Waals surface area contributed by atoms with Gasteiger partial charge in [0.05, 0.1) is 15.1 Å². The van der Waals surface area contributed by atoms with Crippen LogP contribution in [0, 0.1) is 0 Å². The van der Waals surface area contributed by atoms with Crippen LogP contribution < -0.4 is 0 Å². The SMILES string of the molecule is [2H]c1c([2H])c([2H])c(-c2c([2H])c([2H])c([2H])c3c2sc2c([2H])c(-c4nc(-c5ccc(-c6ccccc6)cc5)nc(-c5cccc(-c6ccccc6)c5)n4)c([2H])c([2H])c23)c([2H])c1[2H]. The minimum Gasteiger partial charge on any atom is -0.208 e. The monoisotopic (exact) mass is 654 g/mol. The Morgan fingerprint density at radius 3 is 1.73 bits per heavy atom. The summed E-state index contributed by atoms with van der Waals surface area (Å²) in [6.07, 6.45) is 0. The summed E-state index contributed by atoms with van der Waals surface area (Å²) in [7, 11) is 0. The number of benzene rings is 7. The molecule has 0 aliphatic rings. The van der Waals surface area contributed by atoms with Gasteiger partial charge in [0.15, 0.2) is 17.5 Å². The zero-order valence-corrected chi connectivity index (χ0v) is 26.5. The summed E-state index contributed by atoms with van der Waals surface area (Å²) in [4.78, 5) is 14.6. The molecular formula is C45H29N3S. The van der Waals surface area contributed by atoms with Crippen molar-refractivity contribution in [1.29, 1.82) is 0 Å². The molecule has 4 heteroatoms. The molecule has 9 rings (SSSR count). The van der Waals surface area contributed by atoms with Gasteiger partial charge in [0.2, 0.25) is 0 Å². The van der Waals surface area contributed by atoms with E-state index in [1.54, 1.807) is 0 Å². The summed E-state index contributed by atoms with van der Waals surface area (Å²) in [6, 6.07) is 29.3. The van der Waals surface area contributed by atoms with Gasteiger partial charge in [-0.2, -0.15) is 0 Å². The van der Waals surface area contributed by atoms with Crippen molar-refractivity contribution < 1.29 is 15.1 Å². The Morgan fingerprint density at radius 2 is 1.00 bits per heavy atom. The van der Waals surface area contributed by atoms with E-state index in [4.69, 9.17) is 25.9 Å². The summed E-state index contributed by atoms with van der Waals surface area (Å²) in [5.74, 6) is 0.474. The van der Waals surface area contributed by atoms with Gasteiger partial charge in [-0.05, 0) is 45.5 Å². The number of hydrogen-bond donors (Lipinski definition) is 0. The number of fused-ring (bicyclic) bond motifs is 3. The average molecular weight is 655 g/mol. The fourth-order valence-corrected chi connectivity index (χ4v) is 6.86. The Labute approximate surface area is 304 Å². The van der Waals surface area contributed by atoms with E-state index in [9.17, 15) is 4.11 Å². The molecule has 0 N–H and O–H groups in total. The van der Waals surface area contributed by atoms with Gasteiger partial charge in [-0.1, -0.05) is 164 Å². The average Bonchev–Trinajstić information content (AvgIpc) is 3.69. The van der Waals surface area contributed by atoms with Crippen LogP contribution in [0.5, 0.6) is 0 Å². The van der Waals surface area contributed by atoms with E-state index in [-0.39, 0.29) is 66.4 Å². The van der Waals surface area contributed by atoms with Gasteiger partial charge in [-0.15, -0.1) is 11.3 Å². The van der Waals surface area contributed by atoms with E-state index in [2.05, 4.69) is 0 Å². The van der Waals surface area contributed by atoms with Crippen LogP contribution in [0.15, 0.2) is 176 Å². The molecule has 7 aromatic carbocycles. The molecule has 0 radical (unpaired) electrons. The van der Waals surface area contributed by atoms with Crippen molar-refractivity contribution in [2.75, 3.05) is 0 Å². The van der Waals surface area contributed by atoms with Crippen molar-refractivity contribution in [3.8, 4) is 67.5 Å². The number of aromatic nitrogens is 3. The molecule has 0 aliphatic heterocycles. The van der Waals surface area contributed by atoms with Crippen molar-refractivity contribution >= 4 is 31.5 Å². The van der Waals surface area contributed by atoms with Crippen molar-refractivity contribution in [3.63, 3.8) is 0 Å². The molecule has 3 nitrogen and oxygen atoms in total. The molecule has 49 heavy (non-hydrogen) atoms. The van der Waals surface area contributed by atoms with Crippen molar-refractivity contribution in [2.24, 2.45) is 0 Å². The summed E-state index contributed by atoms with van der Waals surface area (Å²) in [5.41, 5.74) is 4.57. The van der Waals surface area contributed by atoms with Crippen molar-refractivity contribution in [2.45, 2.75) is 0 Å². The normalized spacial score (nSPS) is 14.4. The smallest absolute Gasteiger partial charge is 0.164 e. The van der Waals surface area contributed by atoms with Gasteiger partial charge in [-0.25, -0.2) is 15.0 Å². The lowest BCUT2D eigenvalue weighted by molar-refractivity contribution is 1.07. The number of nitrogens with zero attached hydrogens (tertiary/aromatic N) is 3. The van der Waals surface area contributed by atoms with E-state index in [1.165, 1.54) is 0 Å². The fourth-order valence-electron chi connectivity index (χ4n) is 5.74. The third-order valence-electron chi connectivity index (χ3n) is 8.15. The first-order valence-corrected chi connectivity index (χ1v) is 16.3. The second-order valence-corrected chi connectivity index (χ2v) is 12.2. The molecule has 0 fully saturated rings. The molecule has 0 amide bonds. The Kier molecular flexibility index (Phi) is 4.96. The second-order valence-electron chi connectivity index (χ2n) is 11.2. The molecule has 9 aromatic rings. The standard InChI is InChI=1S/C45H29N3S/c1-4-12-30(13-5-1)32-22-24-34(25-23-32)43-46-44(36-19-10-18-35(28-36)31-14-6-2-7-15-31)48-45(47-43)37-26-27-39-40-21-11-20-38(33-16-8-3-9-17-33)42(40)49-41(39)29-37/h1-29H/i3D,8D,9D,11D,16D,17D,20D,21D,26D,27D,29D. The van der Waals surface area contributed by atoms with E-state index in [0.717, 1.165) is 33.6 Å². The Hall–Kier alpha value is -6.23. The van der Waals surface area contributed by atoms with Gasteiger partial charge >= 0.3 is 0 Å². The Balaban J connectivity index is 1.30. The molecule has 0 bridgehead atoms. The predicted octanol–water partition coefficient (Wildman–Crippen LogP) is 12.2. The van der Waals surface area contributed by atoms with E-state index < -0.39 is 54.4 Å². The van der Waals surface area contributed by atoms with Gasteiger partial charge in [0.1, 0.15) is 0 Å². The molecule has 0 aliphatic carbocycles. The highest BCUT2D eigenvalue weighted by atomic mass is 32.1. The highest BCUT2D eigenvalue weighted by molar-refractivity contribution is 7.26. The molecular weight excluding hydrogens is 615 g/mol. The third-order valence-corrected chi connectivity index (χ3v) is 9.27. The first kappa shape index (κ1) is 19.6. The molecule has 230 valence electrons. The maximum atomic E-state index is 9.59. The van der Waals surface area contributed by atoms with E-state index in [0.29, 0.717) is 11.1 Å². The lowest BCUT2D eigenvalue weighted by atomic mass is 10.0. The molecule has 0 atom stereocenters. The lowest BCUT2D eigenvalue weighted by Crippen LogP contribution is -2.00. The first-order chi connectivity index (χ1) is 28.8. The highest BCUT2D eigenvalue weighted by Crippen LogP contribution is 2.41. The summed E-state index contributed by atoms with van der Waals surface area (Å²) in [5, 5.41) is -0.0212. The van der Waals surface area contributed by atoms with Crippen LogP contribution in [0.4, 0.5) is 0 Å². The van der Waals surface area contributed by atoms with Gasteiger partial charge in [0.25, 0.3) is 0 Å². The maximum absolute atomic E-state index is 9.59. The molecule has 2 heterocycles. The zero-order valence-electron chi connectivity index (χ0n) is 36.6. The van der Waals surface area contributed by atoms with Gasteiger partial charge in [-0.3, -0.25) is 0 Å². The summed E-state index contributed by atoms with van der Waals surface area (Å²) >= 11 is 0.891. The molecule has 0 unspecified atom stereocenters.